The largest absolute Gasteiger partial charge is 0.303 e. The lowest BCUT2D eigenvalue weighted by molar-refractivity contribution is 0.181. The van der Waals surface area contributed by atoms with Crippen LogP contribution in [0, 0.1) is 0 Å². The van der Waals surface area contributed by atoms with Gasteiger partial charge in [0.2, 0.25) is 0 Å². The van der Waals surface area contributed by atoms with Gasteiger partial charge in [-0.25, -0.2) is 9.97 Å². The van der Waals surface area contributed by atoms with Crippen LogP contribution in [0.2, 0.25) is 0 Å². The van der Waals surface area contributed by atoms with Crippen molar-refractivity contribution in [1.82, 2.24) is 19.4 Å². The number of aromatic nitrogens is 3. The molecule has 4 heterocycles. The molecule has 0 amide bonds. The predicted octanol–water partition coefficient (Wildman–Crippen LogP) is 3.48. The van der Waals surface area contributed by atoms with Crippen molar-refractivity contribution in [3.63, 3.8) is 0 Å². The van der Waals surface area contributed by atoms with Gasteiger partial charge < -0.3 is 4.90 Å². The van der Waals surface area contributed by atoms with Crippen molar-refractivity contribution in [2.75, 3.05) is 19.3 Å². The Balaban J connectivity index is 1.70. The van der Waals surface area contributed by atoms with E-state index >= 15 is 0 Å². The first-order valence-electron chi connectivity index (χ1n) is 8.46. The van der Waals surface area contributed by atoms with Gasteiger partial charge in [-0.2, -0.15) is 0 Å². The van der Waals surface area contributed by atoms with Gasteiger partial charge in [-0.1, -0.05) is 6.42 Å². The Hall–Kier alpha value is -1.07. The number of likely N-dealkylation sites (N-methyl/N-ethyl adjacent to an activating group) is 1. The van der Waals surface area contributed by atoms with Gasteiger partial charge in [0.1, 0.15) is 11.3 Å². The SMILES string of the molecule is CN1CCCCC1Cc1nc2cccnc2n1C1CCCS1. The minimum absolute atomic E-state index is 0.531. The Morgan fingerprint density at radius 2 is 2.23 bits per heavy atom. The summed E-state index contributed by atoms with van der Waals surface area (Å²) in [5.41, 5.74) is 2.14. The second-order valence-electron chi connectivity index (χ2n) is 6.55. The highest BCUT2D eigenvalue weighted by Crippen LogP contribution is 2.38. The monoisotopic (exact) mass is 316 g/mol. The maximum absolute atomic E-state index is 4.95. The number of rotatable bonds is 3. The molecule has 0 aliphatic carbocycles. The maximum Gasteiger partial charge on any atom is 0.160 e. The van der Waals surface area contributed by atoms with Crippen LogP contribution in [-0.4, -0.2) is 44.8 Å². The molecule has 0 aromatic carbocycles. The molecule has 22 heavy (non-hydrogen) atoms. The Kier molecular flexibility index (Phi) is 4.09. The summed E-state index contributed by atoms with van der Waals surface area (Å²) < 4.78 is 2.44. The van der Waals surface area contributed by atoms with Gasteiger partial charge in [-0.15, -0.1) is 11.8 Å². The Morgan fingerprint density at radius 3 is 3.05 bits per heavy atom. The first-order valence-corrected chi connectivity index (χ1v) is 9.51. The minimum atomic E-state index is 0.531. The first kappa shape index (κ1) is 14.5. The van der Waals surface area contributed by atoms with E-state index in [1.807, 2.05) is 12.3 Å². The lowest BCUT2D eigenvalue weighted by Crippen LogP contribution is -2.38. The van der Waals surface area contributed by atoms with E-state index in [0.717, 1.165) is 17.6 Å². The summed E-state index contributed by atoms with van der Waals surface area (Å²) in [4.78, 5) is 12.1. The maximum atomic E-state index is 4.95. The number of fused-ring (bicyclic) bond motifs is 1. The van der Waals surface area contributed by atoms with Gasteiger partial charge in [0.25, 0.3) is 0 Å². The normalized spacial score (nSPS) is 26.8. The molecule has 0 spiro atoms. The van der Waals surface area contributed by atoms with Crippen molar-refractivity contribution in [3.05, 3.63) is 24.2 Å². The molecular weight excluding hydrogens is 292 g/mol. The molecule has 2 fully saturated rings. The van der Waals surface area contributed by atoms with Crippen LogP contribution in [-0.2, 0) is 6.42 Å². The first-order chi connectivity index (χ1) is 10.8. The Morgan fingerprint density at radius 1 is 1.27 bits per heavy atom. The van der Waals surface area contributed by atoms with E-state index in [0.29, 0.717) is 11.4 Å². The number of hydrogen-bond donors (Lipinski definition) is 0. The quantitative estimate of drug-likeness (QED) is 0.868. The van der Waals surface area contributed by atoms with Crippen LogP contribution >= 0.6 is 11.8 Å². The molecule has 0 radical (unpaired) electrons. The summed E-state index contributed by atoms with van der Waals surface area (Å²) in [5, 5.41) is 0.531. The van der Waals surface area contributed by atoms with E-state index in [1.165, 1.54) is 50.2 Å². The van der Waals surface area contributed by atoms with Crippen LogP contribution in [0.3, 0.4) is 0 Å². The molecule has 0 saturated carbocycles. The molecule has 5 heteroatoms. The number of hydrogen-bond acceptors (Lipinski definition) is 4. The van der Waals surface area contributed by atoms with Crippen molar-refractivity contribution in [1.29, 1.82) is 0 Å². The molecule has 4 nitrogen and oxygen atoms in total. The molecule has 118 valence electrons. The average molecular weight is 316 g/mol. The number of likely N-dealkylation sites (tertiary alicyclic amines) is 1. The van der Waals surface area contributed by atoms with E-state index in [1.54, 1.807) is 0 Å². The number of piperidine rings is 1. The fourth-order valence-electron chi connectivity index (χ4n) is 3.80. The summed E-state index contributed by atoms with van der Waals surface area (Å²) in [6.45, 7) is 1.22. The third kappa shape index (κ3) is 2.65. The lowest BCUT2D eigenvalue weighted by Gasteiger charge is -2.32. The van der Waals surface area contributed by atoms with Gasteiger partial charge in [0.05, 0.1) is 5.37 Å². The van der Waals surface area contributed by atoms with Crippen molar-refractivity contribution >= 4 is 22.9 Å². The summed E-state index contributed by atoms with van der Waals surface area (Å²) in [6, 6.07) is 4.74. The fraction of sp³-hybridized carbons (Fsp3) is 0.647. The average Bonchev–Trinajstić information content (AvgIpc) is 3.16. The molecule has 2 aliphatic heterocycles. The number of imidazole rings is 1. The standard InChI is InChI=1S/C17H24N4S/c1-20-10-3-2-6-13(20)12-15-19-14-7-4-9-18-17(14)21(15)16-8-5-11-22-16/h4,7,9,13,16H,2-3,5-6,8,10-12H2,1H3. The highest BCUT2D eigenvalue weighted by atomic mass is 32.2. The molecule has 0 bridgehead atoms. The number of pyridine rings is 1. The van der Waals surface area contributed by atoms with Crippen LogP contribution in [0.4, 0.5) is 0 Å². The second kappa shape index (κ2) is 6.20. The summed E-state index contributed by atoms with van der Waals surface area (Å²) in [5.74, 6) is 2.51. The van der Waals surface area contributed by atoms with Gasteiger partial charge in [0, 0.05) is 18.7 Å². The smallest absolute Gasteiger partial charge is 0.160 e. The molecule has 4 rings (SSSR count). The zero-order valence-corrected chi connectivity index (χ0v) is 14.1. The molecular formula is C17H24N4S. The third-order valence-corrected chi connectivity index (χ3v) is 6.41. The second-order valence-corrected chi connectivity index (χ2v) is 7.83. The minimum Gasteiger partial charge on any atom is -0.303 e. The van der Waals surface area contributed by atoms with Gasteiger partial charge in [-0.3, -0.25) is 4.57 Å². The van der Waals surface area contributed by atoms with E-state index in [2.05, 4.69) is 39.3 Å². The highest BCUT2D eigenvalue weighted by Gasteiger charge is 2.27. The van der Waals surface area contributed by atoms with Crippen molar-refractivity contribution < 1.29 is 0 Å². The predicted molar refractivity (Wildman–Crippen MR) is 92.2 cm³/mol. The third-order valence-electron chi connectivity index (χ3n) is 5.06. The summed E-state index contributed by atoms with van der Waals surface area (Å²) in [7, 11) is 2.26. The summed E-state index contributed by atoms with van der Waals surface area (Å²) >= 11 is 2.06. The van der Waals surface area contributed by atoms with Gasteiger partial charge >= 0.3 is 0 Å². The van der Waals surface area contributed by atoms with Crippen LogP contribution in [0.15, 0.2) is 18.3 Å². The van der Waals surface area contributed by atoms with Crippen LogP contribution < -0.4 is 0 Å². The van der Waals surface area contributed by atoms with Crippen molar-refractivity contribution in [3.8, 4) is 0 Å². The molecule has 2 aliphatic rings. The Labute approximate surface area is 136 Å². The molecule has 2 unspecified atom stereocenters. The molecule has 2 saturated heterocycles. The molecule has 2 aromatic heterocycles. The van der Waals surface area contributed by atoms with E-state index < -0.39 is 0 Å². The molecule has 2 atom stereocenters. The van der Waals surface area contributed by atoms with Crippen LogP contribution in [0.1, 0.15) is 43.3 Å². The molecule has 2 aromatic rings. The number of thioether (sulfide) groups is 1. The van der Waals surface area contributed by atoms with Gasteiger partial charge in [0.15, 0.2) is 5.65 Å². The van der Waals surface area contributed by atoms with Crippen LogP contribution in [0.25, 0.3) is 11.2 Å². The fourth-order valence-corrected chi connectivity index (χ4v) is 5.11. The van der Waals surface area contributed by atoms with E-state index in [4.69, 9.17) is 4.98 Å². The highest BCUT2D eigenvalue weighted by molar-refractivity contribution is 7.99. The van der Waals surface area contributed by atoms with Crippen LogP contribution in [0.5, 0.6) is 0 Å². The topological polar surface area (TPSA) is 34.0 Å². The zero-order chi connectivity index (χ0) is 14.9. The number of nitrogens with zero attached hydrogens (tertiary/aromatic N) is 4. The zero-order valence-electron chi connectivity index (χ0n) is 13.2. The lowest BCUT2D eigenvalue weighted by atomic mass is 10.00. The van der Waals surface area contributed by atoms with E-state index in [-0.39, 0.29) is 0 Å². The van der Waals surface area contributed by atoms with Gasteiger partial charge in [-0.05, 0) is 57.2 Å². The van der Waals surface area contributed by atoms with Crippen molar-refractivity contribution in [2.45, 2.75) is 49.9 Å². The summed E-state index contributed by atoms with van der Waals surface area (Å²) in [6.07, 6.45) is 9.51. The Bertz CT molecular complexity index is 647. The van der Waals surface area contributed by atoms with E-state index in [9.17, 15) is 0 Å². The van der Waals surface area contributed by atoms with Crippen molar-refractivity contribution in [2.24, 2.45) is 0 Å². The molecule has 0 N–H and O–H groups in total.